The van der Waals surface area contributed by atoms with E-state index in [1.165, 1.54) is 0 Å². The summed E-state index contributed by atoms with van der Waals surface area (Å²) in [6, 6.07) is 4.17. The molecule has 1 unspecified atom stereocenters. The van der Waals surface area contributed by atoms with Crippen LogP contribution < -0.4 is 15.4 Å². The zero-order chi connectivity index (χ0) is 15.0. The van der Waals surface area contributed by atoms with Gasteiger partial charge in [-0.3, -0.25) is 9.78 Å². The van der Waals surface area contributed by atoms with E-state index in [-0.39, 0.29) is 5.91 Å². The molecular weight excluding hydrogens is 254 g/mol. The van der Waals surface area contributed by atoms with E-state index in [0.717, 1.165) is 18.7 Å². The molecule has 1 aromatic rings. The number of pyridine rings is 1. The van der Waals surface area contributed by atoms with Gasteiger partial charge in [0.2, 0.25) is 0 Å². The summed E-state index contributed by atoms with van der Waals surface area (Å²) in [7, 11) is 0. The van der Waals surface area contributed by atoms with Gasteiger partial charge in [0.1, 0.15) is 5.75 Å². The minimum Gasteiger partial charge on any atom is -0.479 e. The first-order valence-corrected chi connectivity index (χ1v) is 7.15. The minimum atomic E-state index is -0.511. The van der Waals surface area contributed by atoms with Crippen LogP contribution >= 0.6 is 0 Å². The van der Waals surface area contributed by atoms with Crippen LogP contribution in [-0.2, 0) is 11.3 Å². The summed E-state index contributed by atoms with van der Waals surface area (Å²) in [6.07, 6.45) is 2.06. The van der Waals surface area contributed by atoms with Crippen LogP contribution in [0.2, 0.25) is 0 Å². The van der Waals surface area contributed by atoms with E-state index in [4.69, 9.17) is 4.74 Å². The molecule has 2 N–H and O–H groups in total. The summed E-state index contributed by atoms with van der Waals surface area (Å²) in [5.74, 6) is 0.509. The lowest BCUT2D eigenvalue weighted by atomic mass is 10.3. The number of nitrogens with one attached hydrogen (secondary N) is 2. The van der Waals surface area contributed by atoms with E-state index in [0.29, 0.717) is 18.3 Å². The maximum absolute atomic E-state index is 11.7. The van der Waals surface area contributed by atoms with Crippen molar-refractivity contribution in [2.75, 3.05) is 6.54 Å². The van der Waals surface area contributed by atoms with Crippen molar-refractivity contribution in [3.63, 3.8) is 0 Å². The van der Waals surface area contributed by atoms with Gasteiger partial charge in [-0.25, -0.2) is 0 Å². The predicted octanol–water partition coefficient (Wildman–Crippen LogP) is 1.87. The van der Waals surface area contributed by atoms with Crippen molar-refractivity contribution in [3.8, 4) is 5.75 Å². The van der Waals surface area contributed by atoms with E-state index in [2.05, 4.69) is 29.5 Å². The number of hydrogen-bond acceptors (Lipinski definition) is 4. The number of rotatable bonds is 8. The number of carbonyl (C=O) groups excluding carboxylic acids is 1. The van der Waals surface area contributed by atoms with Gasteiger partial charge in [-0.15, -0.1) is 0 Å². The molecule has 0 saturated carbocycles. The fourth-order valence-electron chi connectivity index (χ4n) is 1.54. The number of amides is 1. The molecule has 0 aliphatic heterocycles. The Hall–Kier alpha value is -1.62. The highest BCUT2D eigenvalue weighted by molar-refractivity contribution is 5.80. The summed E-state index contributed by atoms with van der Waals surface area (Å²) in [5, 5.41) is 6.10. The Morgan fingerprint density at radius 1 is 1.35 bits per heavy atom. The summed E-state index contributed by atoms with van der Waals surface area (Å²) < 4.78 is 5.56. The van der Waals surface area contributed by atoms with Crippen LogP contribution in [0, 0.1) is 0 Å². The third-order valence-corrected chi connectivity index (χ3v) is 2.72. The van der Waals surface area contributed by atoms with Crippen molar-refractivity contribution >= 4 is 5.91 Å². The highest BCUT2D eigenvalue weighted by Crippen LogP contribution is 2.11. The SMILES string of the molecule is CCCNC(=O)C(C)Oc1ccc(CNC(C)C)nc1. The van der Waals surface area contributed by atoms with Crippen molar-refractivity contribution in [3.05, 3.63) is 24.0 Å². The highest BCUT2D eigenvalue weighted by Gasteiger charge is 2.13. The van der Waals surface area contributed by atoms with E-state index in [1.54, 1.807) is 13.1 Å². The van der Waals surface area contributed by atoms with Crippen LogP contribution in [0.5, 0.6) is 5.75 Å². The number of ether oxygens (including phenoxy) is 1. The fourth-order valence-corrected chi connectivity index (χ4v) is 1.54. The van der Waals surface area contributed by atoms with Crippen molar-refractivity contribution in [1.29, 1.82) is 0 Å². The maximum Gasteiger partial charge on any atom is 0.260 e. The molecule has 0 aliphatic carbocycles. The number of nitrogens with zero attached hydrogens (tertiary/aromatic N) is 1. The molecule has 1 amide bonds. The second-order valence-electron chi connectivity index (χ2n) is 5.07. The average Bonchev–Trinajstić information content (AvgIpc) is 2.43. The minimum absolute atomic E-state index is 0.0996. The van der Waals surface area contributed by atoms with E-state index in [9.17, 15) is 4.79 Å². The third kappa shape index (κ3) is 6.02. The molecule has 0 saturated heterocycles. The Balaban J connectivity index is 2.46. The third-order valence-electron chi connectivity index (χ3n) is 2.72. The molecule has 112 valence electrons. The number of hydrogen-bond donors (Lipinski definition) is 2. The van der Waals surface area contributed by atoms with Gasteiger partial charge < -0.3 is 15.4 Å². The summed E-state index contributed by atoms with van der Waals surface area (Å²) >= 11 is 0. The second-order valence-corrected chi connectivity index (χ2v) is 5.07. The van der Waals surface area contributed by atoms with Crippen molar-refractivity contribution < 1.29 is 9.53 Å². The number of aromatic nitrogens is 1. The Labute approximate surface area is 121 Å². The van der Waals surface area contributed by atoms with Gasteiger partial charge in [-0.05, 0) is 25.5 Å². The Kier molecular flexibility index (Phi) is 7.01. The monoisotopic (exact) mass is 279 g/mol. The van der Waals surface area contributed by atoms with Crippen LogP contribution in [0.15, 0.2) is 18.3 Å². The van der Waals surface area contributed by atoms with Gasteiger partial charge in [0.25, 0.3) is 5.91 Å². The molecule has 1 rings (SSSR count). The molecular formula is C15H25N3O2. The molecule has 1 atom stereocenters. The standard InChI is InChI=1S/C15H25N3O2/c1-5-8-16-15(19)12(4)20-14-7-6-13(18-10-14)9-17-11(2)3/h6-7,10-12,17H,5,8-9H2,1-4H3,(H,16,19). The van der Waals surface area contributed by atoms with Crippen LogP contribution in [0.25, 0.3) is 0 Å². The highest BCUT2D eigenvalue weighted by atomic mass is 16.5. The topological polar surface area (TPSA) is 63.2 Å². The first kappa shape index (κ1) is 16.4. The smallest absolute Gasteiger partial charge is 0.260 e. The molecule has 1 aromatic heterocycles. The van der Waals surface area contributed by atoms with Gasteiger partial charge in [0.05, 0.1) is 11.9 Å². The zero-order valence-corrected chi connectivity index (χ0v) is 12.8. The van der Waals surface area contributed by atoms with Gasteiger partial charge >= 0.3 is 0 Å². The van der Waals surface area contributed by atoms with Crippen LogP contribution in [-0.4, -0.2) is 29.6 Å². The van der Waals surface area contributed by atoms with Gasteiger partial charge in [-0.2, -0.15) is 0 Å². The zero-order valence-electron chi connectivity index (χ0n) is 12.8. The summed E-state index contributed by atoms with van der Waals surface area (Å²) in [6.45, 7) is 9.33. The normalized spacial score (nSPS) is 12.2. The van der Waals surface area contributed by atoms with E-state index in [1.807, 2.05) is 19.1 Å². The van der Waals surface area contributed by atoms with E-state index < -0.39 is 6.10 Å². The number of carbonyl (C=O) groups is 1. The largest absolute Gasteiger partial charge is 0.479 e. The molecule has 5 heteroatoms. The van der Waals surface area contributed by atoms with Crippen LogP contribution in [0.4, 0.5) is 0 Å². The quantitative estimate of drug-likeness (QED) is 0.762. The molecule has 0 fully saturated rings. The molecule has 0 aromatic carbocycles. The molecule has 0 spiro atoms. The Morgan fingerprint density at radius 3 is 2.65 bits per heavy atom. The first-order valence-electron chi connectivity index (χ1n) is 7.15. The van der Waals surface area contributed by atoms with Crippen molar-refractivity contribution in [2.45, 2.75) is 52.8 Å². The van der Waals surface area contributed by atoms with Gasteiger partial charge in [0, 0.05) is 19.1 Å². The molecule has 1 heterocycles. The summed E-state index contributed by atoms with van der Waals surface area (Å²) in [5.41, 5.74) is 0.953. The Bertz CT molecular complexity index is 404. The van der Waals surface area contributed by atoms with Crippen LogP contribution in [0.1, 0.15) is 39.8 Å². The molecule has 20 heavy (non-hydrogen) atoms. The van der Waals surface area contributed by atoms with Gasteiger partial charge in [0.15, 0.2) is 6.10 Å². The lowest BCUT2D eigenvalue weighted by Crippen LogP contribution is -2.36. The predicted molar refractivity (Wildman–Crippen MR) is 79.6 cm³/mol. The van der Waals surface area contributed by atoms with E-state index >= 15 is 0 Å². The van der Waals surface area contributed by atoms with Crippen LogP contribution in [0.3, 0.4) is 0 Å². The lowest BCUT2D eigenvalue weighted by Gasteiger charge is -2.14. The lowest BCUT2D eigenvalue weighted by molar-refractivity contribution is -0.127. The molecule has 0 bridgehead atoms. The fraction of sp³-hybridized carbons (Fsp3) is 0.600. The Morgan fingerprint density at radius 2 is 2.10 bits per heavy atom. The maximum atomic E-state index is 11.7. The first-order chi connectivity index (χ1) is 9.52. The van der Waals surface area contributed by atoms with Crippen molar-refractivity contribution in [2.24, 2.45) is 0 Å². The molecule has 0 aliphatic rings. The van der Waals surface area contributed by atoms with Crippen molar-refractivity contribution in [1.82, 2.24) is 15.6 Å². The molecule has 0 radical (unpaired) electrons. The molecule has 5 nitrogen and oxygen atoms in total. The summed E-state index contributed by atoms with van der Waals surface area (Å²) in [4.78, 5) is 16.0. The average molecular weight is 279 g/mol. The van der Waals surface area contributed by atoms with Gasteiger partial charge in [-0.1, -0.05) is 20.8 Å². The second kappa shape index (κ2) is 8.53.